The molecule has 0 saturated carbocycles. The molecule has 1 heterocycles. The van der Waals surface area contributed by atoms with Crippen molar-refractivity contribution in [3.63, 3.8) is 0 Å². The smallest absolute Gasteiger partial charge is 0.124 e. The zero-order valence-corrected chi connectivity index (χ0v) is 11.3. The molecular weight excluding hydrogens is 228 g/mol. The van der Waals surface area contributed by atoms with Crippen molar-refractivity contribution in [1.29, 1.82) is 0 Å². The fraction of sp³-hybridized carbons (Fsp3) is 0.571. The van der Waals surface area contributed by atoms with Crippen LogP contribution >= 0.6 is 0 Å². The lowest BCUT2D eigenvalue weighted by atomic mass is 9.74. The van der Waals surface area contributed by atoms with Gasteiger partial charge in [0.25, 0.3) is 0 Å². The van der Waals surface area contributed by atoms with Crippen LogP contribution in [-0.2, 0) is 4.74 Å². The van der Waals surface area contributed by atoms with Crippen molar-refractivity contribution in [1.82, 2.24) is 0 Å². The SMILES string of the molecule is COc1cc(C)cc(C)c1C(N)C1(CN)COC1. The highest BCUT2D eigenvalue weighted by Gasteiger charge is 2.45. The van der Waals surface area contributed by atoms with E-state index in [1.54, 1.807) is 7.11 Å². The lowest BCUT2D eigenvalue weighted by Gasteiger charge is -2.45. The summed E-state index contributed by atoms with van der Waals surface area (Å²) in [7, 11) is 1.68. The summed E-state index contributed by atoms with van der Waals surface area (Å²) in [6.45, 7) is 5.90. The molecule has 1 aliphatic heterocycles. The molecule has 1 fully saturated rings. The van der Waals surface area contributed by atoms with Crippen LogP contribution in [0.4, 0.5) is 0 Å². The van der Waals surface area contributed by atoms with Crippen molar-refractivity contribution in [2.45, 2.75) is 19.9 Å². The lowest BCUT2D eigenvalue weighted by molar-refractivity contribution is -0.121. The molecule has 1 aromatic rings. The van der Waals surface area contributed by atoms with E-state index in [9.17, 15) is 0 Å². The molecule has 1 aromatic carbocycles. The van der Waals surface area contributed by atoms with Gasteiger partial charge in [0, 0.05) is 23.6 Å². The van der Waals surface area contributed by atoms with Crippen molar-refractivity contribution in [2.75, 3.05) is 26.9 Å². The number of benzene rings is 1. The number of methoxy groups -OCH3 is 1. The Balaban J connectivity index is 2.43. The van der Waals surface area contributed by atoms with E-state index in [1.807, 2.05) is 6.07 Å². The molecule has 1 aliphatic rings. The average molecular weight is 250 g/mol. The van der Waals surface area contributed by atoms with Crippen LogP contribution in [0.1, 0.15) is 22.7 Å². The van der Waals surface area contributed by atoms with Crippen LogP contribution in [0.25, 0.3) is 0 Å². The largest absolute Gasteiger partial charge is 0.496 e. The molecule has 2 rings (SSSR count). The van der Waals surface area contributed by atoms with Gasteiger partial charge in [0.1, 0.15) is 5.75 Å². The van der Waals surface area contributed by atoms with Crippen molar-refractivity contribution in [3.8, 4) is 5.75 Å². The first-order valence-electron chi connectivity index (χ1n) is 6.22. The van der Waals surface area contributed by atoms with Gasteiger partial charge >= 0.3 is 0 Å². The summed E-state index contributed by atoms with van der Waals surface area (Å²) < 4.78 is 10.8. The molecule has 4 nitrogen and oxygen atoms in total. The molecule has 4 heteroatoms. The molecule has 0 spiro atoms. The molecule has 1 atom stereocenters. The number of hydrogen-bond acceptors (Lipinski definition) is 4. The fourth-order valence-electron chi connectivity index (χ4n) is 2.60. The minimum atomic E-state index is -0.146. The topological polar surface area (TPSA) is 70.5 Å². The van der Waals surface area contributed by atoms with Crippen LogP contribution in [0, 0.1) is 19.3 Å². The second-order valence-corrected chi connectivity index (χ2v) is 5.23. The van der Waals surface area contributed by atoms with Gasteiger partial charge in [-0.2, -0.15) is 0 Å². The van der Waals surface area contributed by atoms with Gasteiger partial charge in [0.05, 0.1) is 20.3 Å². The molecule has 100 valence electrons. The minimum absolute atomic E-state index is 0.146. The zero-order chi connectivity index (χ0) is 13.3. The summed E-state index contributed by atoms with van der Waals surface area (Å²) in [5.74, 6) is 0.847. The molecule has 0 amide bonds. The number of hydrogen-bond donors (Lipinski definition) is 2. The van der Waals surface area contributed by atoms with E-state index in [1.165, 1.54) is 5.56 Å². The van der Waals surface area contributed by atoms with Crippen LogP contribution in [0.2, 0.25) is 0 Å². The highest BCUT2D eigenvalue weighted by atomic mass is 16.5. The van der Waals surface area contributed by atoms with E-state index in [4.69, 9.17) is 20.9 Å². The summed E-state index contributed by atoms with van der Waals surface area (Å²) in [5.41, 5.74) is 15.5. The second-order valence-electron chi connectivity index (χ2n) is 5.23. The van der Waals surface area contributed by atoms with Crippen molar-refractivity contribution >= 4 is 0 Å². The normalized spacial score (nSPS) is 19.2. The van der Waals surface area contributed by atoms with Gasteiger partial charge in [-0.25, -0.2) is 0 Å². The third-order valence-corrected chi connectivity index (χ3v) is 3.87. The Morgan fingerprint density at radius 2 is 2.06 bits per heavy atom. The van der Waals surface area contributed by atoms with Crippen LogP contribution < -0.4 is 16.2 Å². The predicted octanol–water partition coefficient (Wildman–Crippen LogP) is 1.29. The van der Waals surface area contributed by atoms with E-state index in [-0.39, 0.29) is 11.5 Å². The number of aryl methyl sites for hydroxylation is 2. The second kappa shape index (κ2) is 4.88. The predicted molar refractivity (Wildman–Crippen MR) is 71.7 cm³/mol. The Morgan fingerprint density at radius 1 is 1.39 bits per heavy atom. The van der Waals surface area contributed by atoms with Gasteiger partial charge in [-0.3, -0.25) is 0 Å². The van der Waals surface area contributed by atoms with E-state index < -0.39 is 0 Å². The number of nitrogens with two attached hydrogens (primary N) is 2. The van der Waals surface area contributed by atoms with Crippen molar-refractivity contribution < 1.29 is 9.47 Å². The highest BCUT2D eigenvalue weighted by molar-refractivity contribution is 5.46. The quantitative estimate of drug-likeness (QED) is 0.844. The van der Waals surface area contributed by atoms with E-state index in [0.29, 0.717) is 19.8 Å². The zero-order valence-electron chi connectivity index (χ0n) is 11.3. The molecular formula is C14H22N2O2. The van der Waals surface area contributed by atoms with Gasteiger partial charge in [0.15, 0.2) is 0 Å². The van der Waals surface area contributed by atoms with Crippen LogP contribution in [0.5, 0.6) is 5.75 Å². The summed E-state index contributed by atoms with van der Waals surface area (Å²) >= 11 is 0. The molecule has 1 saturated heterocycles. The third kappa shape index (κ3) is 2.00. The number of ether oxygens (including phenoxy) is 2. The standard InChI is InChI=1S/C14H22N2O2/c1-9-4-10(2)12(11(5-9)17-3)13(16)14(6-15)7-18-8-14/h4-5,13H,6-8,15-16H2,1-3H3. The van der Waals surface area contributed by atoms with Crippen LogP contribution in [-0.4, -0.2) is 26.9 Å². The van der Waals surface area contributed by atoms with Crippen LogP contribution in [0.15, 0.2) is 12.1 Å². The minimum Gasteiger partial charge on any atom is -0.496 e. The Morgan fingerprint density at radius 3 is 2.50 bits per heavy atom. The molecule has 0 aliphatic carbocycles. The highest BCUT2D eigenvalue weighted by Crippen LogP contribution is 2.42. The summed E-state index contributed by atoms with van der Waals surface area (Å²) in [6.07, 6.45) is 0. The van der Waals surface area contributed by atoms with Gasteiger partial charge in [-0.05, 0) is 31.0 Å². The average Bonchev–Trinajstić information content (AvgIpc) is 2.26. The van der Waals surface area contributed by atoms with Crippen LogP contribution in [0.3, 0.4) is 0 Å². The Kier molecular flexibility index (Phi) is 3.61. The summed E-state index contributed by atoms with van der Waals surface area (Å²) in [6, 6.07) is 4.00. The third-order valence-electron chi connectivity index (χ3n) is 3.87. The Bertz CT molecular complexity index is 436. The van der Waals surface area contributed by atoms with Gasteiger partial charge in [-0.15, -0.1) is 0 Å². The summed E-state index contributed by atoms with van der Waals surface area (Å²) in [5, 5.41) is 0. The lowest BCUT2D eigenvalue weighted by Crippen LogP contribution is -2.55. The Hall–Kier alpha value is -1.10. The maximum absolute atomic E-state index is 6.43. The van der Waals surface area contributed by atoms with Crippen molar-refractivity contribution in [2.24, 2.45) is 16.9 Å². The van der Waals surface area contributed by atoms with Gasteiger partial charge in [-0.1, -0.05) is 6.07 Å². The van der Waals surface area contributed by atoms with Gasteiger partial charge < -0.3 is 20.9 Å². The molecule has 0 aromatic heterocycles. The maximum Gasteiger partial charge on any atom is 0.124 e. The van der Waals surface area contributed by atoms with E-state index in [2.05, 4.69) is 19.9 Å². The van der Waals surface area contributed by atoms with Crippen molar-refractivity contribution in [3.05, 3.63) is 28.8 Å². The summed E-state index contributed by atoms with van der Waals surface area (Å²) in [4.78, 5) is 0. The fourth-order valence-corrected chi connectivity index (χ4v) is 2.60. The molecule has 4 N–H and O–H groups in total. The Labute approximate surface area is 108 Å². The van der Waals surface area contributed by atoms with E-state index >= 15 is 0 Å². The molecule has 0 bridgehead atoms. The monoisotopic (exact) mass is 250 g/mol. The maximum atomic E-state index is 6.43. The van der Waals surface area contributed by atoms with E-state index in [0.717, 1.165) is 16.9 Å². The first-order chi connectivity index (χ1) is 8.54. The molecule has 18 heavy (non-hydrogen) atoms. The first kappa shape index (κ1) is 13.3. The molecule has 1 unspecified atom stereocenters. The number of rotatable bonds is 4. The molecule has 0 radical (unpaired) electrons. The van der Waals surface area contributed by atoms with Gasteiger partial charge in [0.2, 0.25) is 0 Å². The first-order valence-corrected chi connectivity index (χ1v) is 6.22.